The van der Waals surface area contributed by atoms with E-state index in [-0.39, 0.29) is 0 Å². The fourth-order valence-corrected chi connectivity index (χ4v) is 10.1. The Labute approximate surface area is 331 Å². The molecule has 0 radical (unpaired) electrons. The summed E-state index contributed by atoms with van der Waals surface area (Å²) in [6.45, 7) is 0. The van der Waals surface area contributed by atoms with Gasteiger partial charge in [-0.2, -0.15) is 0 Å². The summed E-state index contributed by atoms with van der Waals surface area (Å²) in [6.07, 6.45) is 0. The molecule has 3 heterocycles. The lowest BCUT2D eigenvalue weighted by Gasteiger charge is -2.10. The van der Waals surface area contributed by atoms with Crippen molar-refractivity contribution >= 4 is 63.0 Å². The topological polar surface area (TPSA) is 38.7 Å². The van der Waals surface area contributed by atoms with E-state index in [4.69, 9.17) is 15.0 Å². The summed E-state index contributed by atoms with van der Waals surface area (Å²) >= 11 is 3.69. The summed E-state index contributed by atoms with van der Waals surface area (Å²) in [5, 5.41) is 5.10. The standard InChI is InChI=1S/C51H31N3S2/c1-4-13-32(14-5-1)35-19-12-20-37(27-35)50-52-49(34-17-8-3-9-18-34)53-51(54-50)38-23-25-41-43-28-36(24-26-46(43)55-47(41)31-38)39-29-42(33-15-6-2-7-16-33)48-44(30-39)40-21-10-11-22-45(40)56-48/h1-31H. The van der Waals surface area contributed by atoms with Crippen LogP contribution in [0, 0.1) is 0 Å². The molecule has 3 nitrogen and oxygen atoms in total. The number of hydrogen-bond acceptors (Lipinski definition) is 5. The molecule has 0 atom stereocenters. The highest BCUT2D eigenvalue weighted by atomic mass is 32.1. The third-order valence-corrected chi connectivity index (χ3v) is 12.9. The molecule has 0 saturated carbocycles. The zero-order valence-corrected chi connectivity index (χ0v) is 31.7. The monoisotopic (exact) mass is 749 g/mol. The Morgan fingerprint density at radius 1 is 0.268 bits per heavy atom. The van der Waals surface area contributed by atoms with E-state index in [1.165, 1.54) is 62.6 Å². The summed E-state index contributed by atoms with van der Waals surface area (Å²) < 4.78 is 5.10. The van der Waals surface area contributed by atoms with Crippen LogP contribution in [0.2, 0.25) is 0 Å². The van der Waals surface area contributed by atoms with Crippen LogP contribution >= 0.6 is 22.7 Å². The van der Waals surface area contributed by atoms with Gasteiger partial charge in [0.05, 0.1) is 0 Å². The van der Waals surface area contributed by atoms with Gasteiger partial charge in [0.2, 0.25) is 0 Å². The third kappa shape index (κ3) is 5.77. The van der Waals surface area contributed by atoms with E-state index in [0.717, 1.165) is 27.8 Å². The van der Waals surface area contributed by atoms with Gasteiger partial charge < -0.3 is 0 Å². The van der Waals surface area contributed by atoms with E-state index < -0.39 is 0 Å². The average molecular weight is 750 g/mol. The lowest BCUT2D eigenvalue weighted by Crippen LogP contribution is -2.00. The molecule has 0 amide bonds. The minimum Gasteiger partial charge on any atom is -0.208 e. The minimum atomic E-state index is 0.651. The van der Waals surface area contributed by atoms with Crippen LogP contribution in [0.1, 0.15) is 0 Å². The van der Waals surface area contributed by atoms with Crippen molar-refractivity contribution in [3.8, 4) is 67.5 Å². The van der Waals surface area contributed by atoms with E-state index in [2.05, 4.69) is 164 Å². The molecule has 0 bridgehead atoms. The Kier molecular flexibility index (Phi) is 7.87. The smallest absolute Gasteiger partial charge is 0.164 e. The SMILES string of the molecule is c1ccc(-c2cccc(-c3nc(-c4ccccc4)nc(-c4ccc5c(c4)sc4ccc(-c6cc(-c7ccccc7)c7sc8ccccc8c7c6)cc45)n3)c2)cc1. The molecule has 11 aromatic rings. The van der Waals surface area contributed by atoms with Crippen LogP contribution < -0.4 is 0 Å². The van der Waals surface area contributed by atoms with Crippen molar-refractivity contribution in [2.24, 2.45) is 0 Å². The highest BCUT2D eigenvalue weighted by Gasteiger charge is 2.17. The molecule has 3 aromatic heterocycles. The van der Waals surface area contributed by atoms with Crippen LogP contribution in [0.25, 0.3) is 108 Å². The molecular formula is C51H31N3S2. The minimum absolute atomic E-state index is 0.651. The first-order chi connectivity index (χ1) is 27.7. The van der Waals surface area contributed by atoms with E-state index in [9.17, 15) is 0 Å². The summed E-state index contributed by atoms with van der Waals surface area (Å²) in [7, 11) is 0. The molecule has 0 aliphatic rings. The Morgan fingerprint density at radius 3 is 1.57 bits per heavy atom. The van der Waals surface area contributed by atoms with Crippen LogP contribution in [0.15, 0.2) is 188 Å². The maximum absolute atomic E-state index is 5.11. The average Bonchev–Trinajstić information content (AvgIpc) is 3.84. The fraction of sp³-hybridized carbons (Fsp3) is 0. The van der Waals surface area contributed by atoms with Gasteiger partial charge >= 0.3 is 0 Å². The zero-order chi connectivity index (χ0) is 37.0. The number of hydrogen-bond donors (Lipinski definition) is 0. The Bertz CT molecular complexity index is 3240. The summed E-state index contributed by atoms with van der Waals surface area (Å²) in [4.78, 5) is 15.2. The highest BCUT2D eigenvalue weighted by Crippen LogP contribution is 2.44. The van der Waals surface area contributed by atoms with Crippen molar-refractivity contribution in [2.75, 3.05) is 0 Å². The van der Waals surface area contributed by atoms with Gasteiger partial charge in [0.15, 0.2) is 17.5 Å². The number of fused-ring (bicyclic) bond motifs is 6. The molecule has 0 fully saturated rings. The van der Waals surface area contributed by atoms with Crippen LogP contribution in [0.4, 0.5) is 0 Å². The van der Waals surface area contributed by atoms with Crippen LogP contribution in [-0.4, -0.2) is 15.0 Å². The van der Waals surface area contributed by atoms with Gasteiger partial charge in [0.1, 0.15) is 0 Å². The number of rotatable bonds is 6. The zero-order valence-electron chi connectivity index (χ0n) is 30.1. The maximum atomic E-state index is 5.11. The molecule has 262 valence electrons. The van der Waals surface area contributed by atoms with Gasteiger partial charge in [-0.15, -0.1) is 22.7 Å². The van der Waals surface area contributed by atoms with Gasteiger partial charge in [0.25, 0.3) is 0 Å². The van der Waals surface area contributed by atoms with Gasteiger partial charge in [-0.25, -0.2) is 15.0 Å². The van der Waals surface area contributed by atoms with Gasteiger partial charge in [-0.1, -0.05) is 146 Å². The van der Waals surface area contributed by atoms with Crippen molar-refractivity contribution in [3.05, 3.63) is 188 Å². The molecular weight excluding hydrogens is 719 g/mol. The van der Waals surface area contributed by atoms with Crippen molar-refractivity contribution in [3.63, 3.8) is 0 Å². The molecule has 5 heteroatoms. The fourth-order valence-electron chi connectivity index (χ4n) is 7.74. The predicted octanol–water partition coefficient (Wildman–Crippen LogP) is 14.6. The van der Waals surface area contributed by atoms with E-state index in [1.807, 2.05) is 46.9 Å². The Balaban J connectivity index is 1.03. The third-order valence-electron chi connectivity index (χ3n) is 10.5. The van der Waals surface area contributed by atoms with E-state index in [1.54, 1.807) is 0 Å². The van der Waals surface area contributed by atoms with Crippen molar-refractivity contribution in [2.45, 2.75) is 0 Å². The van der Waals surface area contributed by atoms with Crippen molar-refractivity contribution in [1.82, 2.24) is 15.0 Å². The van der Waals surface area contributed by atoms with Crippen LogP contribution in [0.5, 0.6) is 0 Å². The lowest BCUT2D eigenvalue weighted by molar-refractivity contribution is 1.07. The number of nitrogens with zero attached hydrogens (tertiary/aromatic N) is 3. The number of benzene rings is 8. The quantitative estimate of drug-likeness (QED) is 0.170. The molecule has 56 heavy (non-hydrogen) atoms. The van der Waals surface area contributed by atoms with E-state index >= 15 is 0 Å². The molecule has 11 rings (SSSR count). The van der Waals surface area contributed by atoms with Gasteiger partial charge in [-0.05, 0) is 70.3 Å². The molecule has 8 aromatic carbocycles. The molecule has 0 N–H and O–H groups in total. The first kappa shape index (κ1) is 32.6. The summed E-state index contributed by atoms with van der Waals surface area (Å²) in [6, 6.07) is 66.9. The van der Waals surface area contributed by atoms with Crippen molar-refractivity contribution in [1.29, 1.82) is 0 Å². The second-order valence-corrected chi connectivity index (χ2v) is 16.1. The predicted molar refractivity (Wildman–Crippen MR) is 238 cm³/mol. The molecule has 0 unspecified atom stereocenters. The maximum Gasteiger partial charge on any atom is 0.164 e. The first-order valence-corrected chi connectivity index (χ1v) is 20.3. The number of aromatic nitrogens is 3. The van der Waals surface area contributed by atoms with Gasteiger partial charge in [0, 0.05) is 62.6 Å². The molecule has 0 aliphatic heterocycles. The highest BCUT2D eigenvalue weighted by molar-refractivity contribution is 7.26. The number of thiophene rings is 2. The lowest BCUT2D eigenvalue weighted by atomic mass is 9.95. The summed E-state index contributed by atoms with van der Waals surface area (Å²) in [5.74, 6) is 1.96. The molecule has 0 spiro atoms. The first-order valence-electron chi connectivity index (χ1n) is 18.7. The largest absolute Gasteiger partial charge is 0.208 e. The van der Waals surface area contributed by atoms with Gasteiger partial charge in [-0.3, -0.25) is 0 Å². The normalized spacial score (nSPS) is 11.6. The Morgan fingerprint density at radius 2 is 0.804 bits per heavy atom. The second kappa shape index (κ2) is 13.5. The molecule has 0 aliphatic carbocycles. The Hall–Kier alpha value is -6.79. The summed E-state index contributed by atoms with van der Waals surface area (Å²) in [5.41, 5.74) is 10.1. The van der Waals surface area contributed by atoms with Crippen molar-refractivity contribution < 1.29 is 0 Å². The molecule has 0 saturated heterocycles. The second-order valence-electron chi connectivity index (χ2n) is 14.0. The van der Waals surface area contributed by atoms with E-state index in [0.29, 0.717) is 17.5 Å². The van der Waals surface area contributed by atoms with Crippen LogP contribution in [0.3, 0.4) is 0 Å². The van der Waals surface area contributed by atoms with Crippen LogP contribution in [-0.2, 0) is 0 Å².